The van der Waals surface area contributed by atoms with Crippen molar-refractivity contribution >= 4 is 23.3 Å². The molecular formula is C20H24N6O2. The van der Waals surface area contributed by atoms with Crippen molar-refractivity contribution in [2.45, 2.75) is 52.1 Å². The third-order valence-corrected chi connectivity index (χ3v) is 5.13. The Labute approximate surface area is 163 Å². The Morgan fingerprint density at radius 3 is 2.86 bits per heavy atom. The molecule has 28 heavy (non-hydrogen) atoms. The highest BCUT2D eigenvalue weighted by molar-refractivity contribution is 5.92. The first-order valence-electron chi connectivity index (χ1n) is 9.54. The molecule has 0 unspecified atom stereocenters. The van der Waals surface area contributed by atoms with Crippen LogP contribution in [0.25, 0.3) is 5.78 Å². The van der Waals surface area contributed by atoms with Gasteiger partial charge in [0.2, 0.25) is 11.9 Å². The third-order valence-electron chi connectivity index (χ3n) is 5.13. The Morgan fingerprint density at radius 1 is 1.29 bits per heavy atom. The molecule has 0 bridgehead atoms. The maximum Gasteiger partial charge on any atom is 0.254 e. The fourth-order valence-electron chi connectivity index (χ4n) is 3.69. The molecular weight excluding hydrogens is 356 g/mol. The van der Waals surface area contributed by atoms with E-state index in [1.54, 1.807) is 4.52 Å². The molecule has 146 valence electrons. The maximum atomic E-state index is 12.6. The lowest BCUT2D eigenvalue weighted by atomic mass is 10.1. The van der Waals surface area contributed by atoms with Gasteiger partial charge in [0.15, 0.2) is 0 Å². The van der Waals surface area contributed by atoms with Gasteiger partial charge in [-0.05, 0) is 51.7 Å². The molecule has 2 heterocycles. The van der Waals surface area contributed by atoms with Crippen LogP contribution in [0.5, 0.6) is 5.75 Å². The summed E-state index contributed by atoms with van der Waals surface area (Å²) in [7, 11) is 0. The molecule has 8 nitrogen and oxygen atoms in total. The summed E-state index contributed by atoms with van der Waals surface area (Å²) >= 11 is 0. The zero-order valence-electron chi connectivity index (χ0n) is 16.1. The van der Waals surface area contributed by atoms with Crippen LogP contribution < -0.4 is 15.8 Å². The topological polar surface area (TPSA) is 107 Å². The van der Waals surface area contributed by atoms with Gasteiger partial charge in [-0.2, -0.15) is 9.50 Å². The average Bonchev–Trinajstić information content (AvgIpc) is 3.28. The average molecular weight is 380 g/mol. The number of benzene rings is 1. The fraction of sp³-hybridized carbons (Fsp3) is 0.400. The van der Waals surface area contributed by atoms with Crippen molar-refractivity contribution in [3.05, 3.63) is 41.2 Å². The first kappa shape index (κ1) is 18.2. The van der Waals surface area contributed by atoms with Gasteiger partial charge in [0.05, 0.1) is 12.5 Å². The molecule has 8 heteroatoms. The Hall–Kier alpha value is -3.16. The molecule has 1 amide bonds. The van der Waals surface area contributed by atoms with Crippen LogP contribution in [0.3, 0.4) is 0 Å². The number of nitrogens with one attached hydrogen (secondary N) is 1. The van der Waals surface area contributed by atoms with E-state index in [-0.39, 0.29) is 24.4 Å². The SMILES string of the molecule is Cc1nc2nc(N)nn2c(C)c1CC(=O)Nc1cccc(OC2CCCC2)c1. The predicted molar refractivity (Wildman–Crippen MR) is 106 cm³/mol. The molecule has 1 aromatic carbocycles. The second kappa shape index (κ2) is 7.46. The number of ether oxygens (including phenoxy) is 1. The quantitative estimate of drug-likeness (QED) is 0.705. The van der Waals surface area contributed by atoms with Crippen LogP contribution in [0.4, 0.5) is 11.6 Å². The van der Waals surface area contributed by atoms with Gasteiger partial charge in [-0.1, -0.05) is 6.07 Å². The number of rotatable bonds is 5. The van der Waals surface area contributed by atoms with Crippen LogP contribution in [0.1, 0.15) is 42.6 Å². The Bertz CT molecular complexity index is 1020. The number of anilines is 2. The number of hydrogen-bond donors (Lipinski definition) is 2. The smallest absolute Gasteiger partial charge is 0.254 e. The lowest BCUT2D eigenvalue weighted by Crippen LogP contribution is -2.18. The largest absolute Gasteiger partial charge is 0.490 e. The highest BCUT2D eigenvalue weighted by atomic mass is 16.5. The fourth-order valence-corrected chi connectivity index (χ4v) is 3.69. The molecule has 0 aliphatic heterocycles. The molecule has 3 N–H and O–H groups in total. The lowest BCUT2D eigenvalue weighted by molar-refractivity contribution is -0.115. The molecule has 0 atom stereocenters. The van der Waals surface area contributed by atoms with Crippen molar-refractivity contribution in [1.82, 2.24) is 19.6 Å². The van der Waals surface area contributed by atoms with Gasteiger partial charge in [0.1, 0.15) is 5.75 Å². The summed E-state index contributed by atoms with van der Waals surface area (Å²) in [5, 5.41) is 7.09. The normalized spacial score (nSPS) is 14.5. The number of fused-ring (bicyclic) bond motifs is 1. The van der Waals surface area contributed by atoms with E-state index in [2.05, 4.69) is 20.4 Å². The number of amides is 1. The van der Waals surface area contributed by atoms with E-state index in [0.717, 1.165) is 41.2 Å². The minimum Gasteiger partial charge on any atom is -0.490 e. The van der Waals surface area contributed by atoms with E-state index in [1.165, 1.54) is 12.8 Å². The van der Waals surface area contributed by atoms with Gasteiger partial charge in [-0.15, -0.1) is 5.10 Å². The highest BCUT2D eigenvalue weighted by Crippen LogP contribution is 2.26. The zero-order chi connectivity index (χ0) is 19.7. The maximum absolute atomic E-state index is 12.6. The highest BCUT2D eigenvalue weighted by Gasteiger charge is 2.18. The molecule has 0 radical (unpaired) electrons. The minimum absolute atomic E-state index is 0.126. The predicted octanol–water partition coefficient (Wildman–Crippen LogP) is 2.83. The summed E-state index contributed by atoms with van der Waals surface area (Å²) in [6.07, 6.45) is 5.10. The van der Waals surface area contributed by atoms with Crippen LogP contribution in [0.15, 0.2) is 24.3 Å². The van der Waals surface area contributed by atoms with Crippen molar-refractivity contribution in [3.8, 4) is 5.75 Å². The van der Waals surface area contributed by atoms with Crippen molar-refractivity contribution < 1.29 is 9.53 Å². The van der Waals surface area contributed by atoms with Crippen molar-refractivity contribution in [1.29, 1.82) is 0 Å². The summed E-state index contributed by atoms with van der Waals surface area (Å²) in [5.41, 5.74) is 8.74. The molecule has 0 saturated heterocycles. The van der Waals surface area contributed by atoms with Crippen LogP contribution in [0.2, 0.25) is 0 Å². The zero-order valence-corrected chi connectivity index (χ0v) is 16.1. The van der Waals surface area contributed by atoms with Gasteiger partial charge in [0.25, 0.3) is 5.78 Å². The standard InChI is InChI=1S/C20H24N6O2/c1-12-17(13(2)26-20(22-12)24-19(21)25-26)11-18(27)23-14-6-5-9-16(10-14)28-15-7-3-4-8-15/h5-6,9-10,15H,3-4,7-8,11H2,1-2H3,(H2,21,25)(H,23,27). The summed E-state index contributed by atoms with van der Waals surface area (Å²) in [5.74, 6) is 1.26. The summed E-state index contributed by atoms with van der Waals surface area (Å²) in [4.78, 5) is 21.1. The molecule has 2 aromatic heterocycles. The van der Waals surface area contributed by atoms with E-state index < -0.39 is 0 Å². The summed E-state index contributed by atoms with van der Waals surface area (Å²) in [6, 6.07) is 7.55. The Kier molecular flexibility index (Phi) is 4.85. The summed E-state index contributed by atoms with van der Waals surface area (Å²) < 4.78 is 7.58. The first-order valence-corrected chi connectivity index (χ1v) is 9.54. The molecule has 0 spiro atoms. The van der Waals surface area contributed by atoms with E-state index >= 15 is 0 Å². The number of carbonyl (C=O) groups is 1. The van der Waals surface area contributed by atoms with E-state index in [1.807, 2.05) is 38.1 Å². The van der Waals surface area contributed by atoms with E-state index in [4.69, 9.17) is 10.5 Å². The second-order valence-electron chi connectivity index (χ2n) is 7.22. The molecule has 4 rings (SSSR count). The number of aryl methyl sites for hydroxylation is 2. The van der Waals surface area contributed by atoms with Crippen LogP contribution in [0, 0.1) is 13.8 Å². The van der Waals surface area contributed by atoms with Gasteiger partial charge < -0.3 is 15.8 Å². The van der Waals surface area contributed by atoms with Crippen molar-refractivity contribution in [2.75, 3.05) is 11.1 Å². The van der Waals surface area contributed by atoms with Gasteiger partial charge in [-0.25, -0.2) is 4.98 Å². The number of hydrogen-bond acceptors (Lipinski definition) is 6. The van der Waals surface area contributed by atoms with Gasteiger partial charge in [-0.3, -0.25) is 4.79 Å². The van der Waals surface area contributed by atoms with E-state index in [0.29, 0.717) is 5.78 Å². The van der Waals surface area contributed by atoms with Crippen LogP contribution in [-0.2, 0) is 11.2 Å². The number of aromatic nitrogens is 4. The first-order chi connectivity index (χ1) is 13.5. The van der Waals surface area contributed by atoms with Gasteiger partial charge >= 0.3 is 0 Å². The van der Waals surface area contributed by atoms with Crippen molar-refractivity contribution in [2.24, 2.45) is 0 Å². The van der Waals surface area contributed by atoms with Gasteiger partial charge in [0, 0.05) is 28.7 Å². The molecule has 1 aliphatic carbocycles. The number of nitrogen functional groups attached to an aromatic ring is 1. The molecule has 1 aliphatic rings. The molecule has 3 aromatic rings. The number of nitrogens with zero attached hydrogens (tertiary/aromatic N) is 4. The van der Waals surface area contributed by atoms with Crippen LogP contribution >= 0.6 is 0 Å². The Morgan fingerprint density at radius 2 is 2.07 bits per heavy atom. The lowest BCUT2D eigenvalue weighted by Gasteiger charge is -2.14. The van der Waals surface area contributed by atoms with Crippen molar-refractivity contribution in [3.63, 3.8) is 0 Å². The van der Waals surface area contributed by atoms with E-state index in [9.17, 15) is 4.79 Å². The number of carbonyl (C=O) groups excluding carboxylic acids is 1. The van der Waals surface area contributed by atoms with Crippen LogP contribution in [-0.4, -0.2) is 31.6 Å². The molecule has 1 fully saturated rings. The number of nitrogens with two attached hydrogens (primary N) is 1. The molecule has 1 saturated carbocycles. The Balaban J connectivity index is 1.48. The monoisotopic (exact) mass is 380 g/mol. The summed E-state index contributed by atoms with van der Waals surface area (Å²) in [6.45, 7) is 3.74. The second-order valence-corrected chi connectivity index (χ2v) is 7.22. The third kappa shape index (κ3) is 3.76. The minimum atomic E-state index is -0.126.